The lowest BCUT2D eigenvalue weighted by atomic mass is 9.89. The van der Waals surface area contributed by atoms with Gasteiger partial charge in [-0.2, -0.15) is 0 Å². The number of thiophene rings is 2. The summed E-state index contributed by atoms with van der Waals surface area (Å²) in [4.78, 5) is 54.7. The molecule has 1 atom stereocenters. The quantitative estimate of drug-likeness (QED) is 0.257. The first-order valence-corrected chi connectivity index (χ1v) is 11.4. The summed E-state index contributed by atoms with van der Waals surface area (Å²) in [5.74, 6) is 0.175. The summed E-state index contributed by atoms with van der Waals surface area (Å²) in [6.45, 7) is 2.00. The van der Waals surface area contributed by atoms with Gasteiger partial charge in [-0.05, 0) is 36.8 Å². The number of nitrogens with zero attached hydrogens (tertiary/aromatic N) is 3. The van der Waals surface area contributed by atoms with Crippen molar-refractivity contribution >= 4 is 50.3 Å². The minimum atomic E-state index is -0.685. The van der Waals surface area contributed by atoms with E-state index in [-0.39, 0.29) is 27.9 Å². The highest BCUT2D eigenvalue weighted by Crippen LogP contribution is 2.35. The number of hydrogen-bond donors (Lipinski definition) is 1. The van der Waals surface area contributed by atoms with Crippen LogP contribution in [0.1, 0.15) is 39.3 Å². The molecule has 170 valence electrons. The first-order chi connectivity index (χ1) is 15.2. The molecule has 32 heavy (non-hydrogen) atoms. The van der Waals surface area contributed by atoms with E-state index < -0.39 is 10.9 Å². The van der Waals surface area contributed by atoms with Crippen molar-refractivity contribution in [1.82, 2.24) is 14.9 Å². The number of carbonyl (C=O) groups excluding carboxylic acids is 2. The normalized spacial score (nSPS) is 14.8. The summed E-state index contributed by atoms with van der Waals surface area (Å²) < 4.78 is 5.15. The molecular formula is C20H22N4O6S2. The van der Waals surface area contributed by atoms with Crippen LogP contribution in [0.5, 0.6) is 0 Å². The number of carbonyl (C=O) groups is 2. The molecule has 12 heteroatoms. The largest absolute Gasteiger partial charge is 0.453 e. The predicted molar refractivity (Wildman–Crippen MR) is 121 cm³/mol. The van der Waals surface area contributed by atoms with Gasteiger partial charge >= 0.3 is 11.0 Å². The third kappa shape index (κ3) is 5.37. The van der Waals surface area contributed by atoms with Crippen LogP contribution in [-0.2, 0) is 29.0 Å². The molecule has 4 rings (SSSR count). The van der Waals surface area contributed by atoms with E-state index in [1.807, 2.05) is 0 Å². The van der Waals surface area contributed by atoms with Crippen molar-refractivity contribution in [3.8, 4) is 0 Å². The fourth-order valence-corrected chi connectivity index (χ4v) is 5.32. The Kier molecular flexibility index (Phi) is 7.36. The topological polar surface area (TPSA) is 136 Å². The second kappa shape index (κ2) is 10.0. The molecule has 1 unspecified atom stereocenters. The number of hydrogen-bond acceptors (Lipinski definition) is 9. The van der Waals surface area contributed by atoms with E-state index >= 15 is 0 Å². The Labute approximate surface area is 191 Å². The molecule has 3 aromatic rings. The van der Waals surface area contributed by atoms with Crippen LogP contribution in [0, 0.1) is 16.0 Å². The van der Waals surface area contributed by atoms with Gasteiger partial charge in [0.15, 0.2) is 0 Å². The van der Waals surface area contributed by atoms with Crippen molar-refractivity contribution < 1.29 is 19.2 Å². The van der Waals surface area contributed by atoms with E-state index in [2.05, 4.69) is 16.9 Å². The third-order valence-corrected chi connectivity index (χ3v) is 6.90. The average molecular weight is 479 g/mol. The standard InChI is InChI=1S/C17H15N3O5S2.C3H7NO/c1-8-2-3-9-11(6-8)27-16-14(9)15(21)18-12(19-16)7-25-17(22)10-4-5-13(26-10)20(23)24;1-4(2)3-5/h4-5,8H,2-3,6-7H2,1H3,(H,18,19,21);3H,1-2H3. The van der Waals surface area contributed by atoms with Crippen LogP contribution in [-0.4, -0.2) is 46.3 Å². The summed E-state index contributed by atoms with van der Waals surface area (Å²) in [6, 6.07) is 2.60. The van der Waals surface area contributed by atoms with Gasteiger partial charge < -0.3 is 14.6 Å². The zero-order chi connectivity index (χ0) is 23.4. The number of amides is 1. The summed E-state index contributed by atoms with van der Waals surface area (Å²) in [5.41, 5.74) is 0.876. The van der Waals surface area contributed by atoms with Crippen molar-refractivity contribution in [2.75, 3.05) is 14.1 Å². The zero-order valence-electron chi connectivity index (χ0n) is 17.7. The van der Waals surface area contributed by atoms with Crippen LogP contribution in [0.4, 0.5) is 5.00 Å². The number of fused-ring (bicyclic) bond motifs is 3. The Morgan fingerprint density at radius 3 is 2.75 bits per heavy atom. The SMILES string of the molecule is CC1CCc2c(sc3nc(COC(=O)c4ccc([N+](=O)[O-])s4)[nH]c(=O)c23)C1.CN(C)C=O. The fourth-order valence-electron chi connectivity index (χ4n) is 3.20. The highest BCUT2D eigenvalue weighted by Gasteiger charge is 2.23. The Morgan fingerprint density at radius 1 is 1.41 bits per heavy atom. The number of H-pyrrole nitrogens is 1. The molecule has 0 aromatic carbocycles. The smallest absolute Gasteiger partial charge is 0.348 e. The van der Waals surface area contributed by atoms with Crippen LogP contribution >= 0.6 is 22.7 Å². The second-order valence-electron chi connectivity index (χ2n) is 7.58. The molecule has 0 spiro atoms. The zero-order valence-corrected chi connectivity index (χ0v) is 19.4. The van der Waals surface area contributed by atoms with Crippen LogP contribution in [0.2, 0.25) is 0 Å². The van der Waals surface area contributed by atoms with Crippen molar-refractivity contribution in [1.29, 1.82) is 0 Å². The number of aromatic amines is 1. The highest BCUT2D eigenvalue weighted by atomic mass is 32.1. The van der Waals surface area contributed by atoms with Gasteiger partial charge in [-0.15, -0.1) is 11.3 Å². The van der Waals surface area contributed by atoms with Gasteiger partial charge in [0, 0.05) is 25.0 Å². The lowest BCUT2D eigenvalue weighted by Crippen LogP contribution is -2.16. The lowest BCUT2D eigenvalue weighted by Gasteiger charge is -2.17. The summed E-state index contributed by atoms with van der Waals surface area (Å²) in [7, 11) is 3.38. The maximum absolute atomic E-state index is 12.5. The molecule has 1 amide bonds. The maximum atomic E-state index is 12.5. The Morgan fingerprint density at radius 2 is 2.12 bits per heavy atom. The van der Waals surface area contributed by atoms with Gasteiger partial charge in [-0.25, -0.2) is 9.78 Å². The maximum Gasteiger partial charge on any atom is 0.348 e. The number of esters is 1. The number of rotatable bonds is 5. The van der Waals surface area contributed by atoms with E-state index in [1.165, 1.54) is 33.2 Å². The van der Waals surface area contributed by atoms with Gasteiger partial charge in [0.2, 0.25) is 6.41 Å². The molecule has 0 saturated carbocycles. The number of aromatic nitrogens is 2. The summed E-state index contributed by atoms with van der Waals surface area (Å²) in [5, 5.41) is 11.2. The van der Waals surface area contributed by atoms with E-state index in [4.69, 9.17) is 4.74 Å². The highest BCUT2D eigenvalue weighted by molar-refractivity contribution is 7.18. The number of aryl methyl sites for hydroxylation is 1. The van der Waals surface area contributed by atoms with E-state index in [1.54, 1.807) is 14.1 Å². The van der Waals surface area contributed by atoms with Crippen LogP contribution in [0.3, 0.4) is 0 Å². The van der Waals surface area contributed by atoms with Gasteiger partial charge in [-0.3, -0.25) is 19.7 Å². The molecule has 1 aliphatic carbocycles. The predicted octanol–water partition coefficient (Wildman–Crippen LogP) is 3.14. The number of nitrogens with one attached hydrogen (secondary N) is 1. The van der Waals surface area contributed by atoms with Gasteiger partial charge in [-0.1, -0.05) is 18.3 Å². The lowest BCUT2D eigenvalue weighted by molar-refractivity contribution is -0.380. The Bertz CT molecular complexity index is 1210. The van der Waals surface area contributed by atoms with E-state index in [0.717, 1.165) is 42.6 Å². The second-order valence-corrected chi connectivity index (χ2v) is 9.73. The first-order valence-electron chi connectivity index (χ1n) is 9.76. The van der Waals surface area contributed by atoms with Crippen LogP contribution in [0.25, 0.3) is 10.2 Å². The Hall–Kier alpha value is -3.12. The molecule has 1 N–H and O–H groups in total. The first kappa shape index (κ1) is 23.5. The number of ether oxygens (including phenoxy) is 1. The summed E-state index contributed by atoms with van der Waals surface area (Å²) in [6.07, 6.45) is 3.65. The van der Waals surface area contributed by atoms with E-state index in [9.17, 15) is 24.5 Å². The third-order valence-electron chi connectivity index (χ3n) is 4.74. The molecule has 3 heterocycles. The number of nitro groups is 1. The van der Waals surface area contributed by atoms with Gasteiger partial charge in [0.05, 0.1) is 10.3 Å². The van der Waals surface area contributed by atoms with Crippen LogP contribution < -0.4 is 5.56 Å². The minimum absolute atomic E-state index is 0.130. The monoisotopic (exact) mass is 478 g/mol. The van der Waals surface area contributed by atoms with Crippen molar-refractivity contribution in [2.45, 2.75) is 32.8 Å². The average Bonchev–Trinajstić information content (AvgIpc) is 3.37. The molecule has 3 aromatic heterocycles. The van der Waals surface area contributed by atoms with E-state index in [0.29, 0.717) is 16.1 Å². The molecule has 0 radical (unpaired) electrons. The Balaban J connectivity index is 0.000000523. The molecule has 0 bridgehead atoms. The molecule has 0 aliphatic heterocycles. The van der Waals surface area contributed by atoms with Crippen molar-refractivity contribution in [3.05, 3.63) is 53.7 Å². The molecule has 1 aliphatic rings. The molecule has 10 nitrogen and oxygen atoms in total. The van der Waals surface area contributed by atoms with Crippen molar-refractivity contribution in [3.63, 3.8) is 0 Å². The van der Waals surface area contributed by atoms with Crippen molar-refractivity contribution in [2.24, 2.45) is 5.92 Å². The van der Waals surface area contributed by atoms with Crippen LogP contribution in [0.15, 0.2) is 16.9 Å². The molecule has 0 fully saturated rings. The summed E-state index contributed by atoms with van der Waals surface area (Å²) >= 11 is 2.27. The van der Waals surface area contributed by atoms with Gasteiger partial charge in [0.1, 0.15) is 22.1 Å². The van der Waals surface area contributed by atoms with Gasteiger partial charge in [0.25, 0.3) is 5.56 Å². The molecule has 0 saturated heterocycles. The fraction of sp³-hybridized carbons (Fsp3) is 0.400. The molecular weight excluding hydrogens is 456 g/mol. The minimum Gasteiger partial charge on any atom is -0.453 e.